The third kappa shape index (κ3) is 4.91. The van der Waals surface area contributed by atoms with Crippen molar-refractivity contribution in [1.82, 2.24) is 5.32 Å². The van der Waals surface area contributed by atoms with Crippen LogP contribution in [0.1, 0.15) is 27.7 Å². The standard InChI is InChI=1S/C15H24N2O4S/c1-6-21-14-9-7-13(8-10-14)17(22(5,19)20)12(4)15(18)16-11(2)3/h7-12H,6H2,1-5H3,(H,16,18)/t12-/m0/s1. The first-order chi connectivity index (χ1) is 10.2. The van der Waals surface area contributed by atoms with Gasteiger partial charge in [-0.2, -0.15) is 0 Å². The van der Waals surface area contributed by atoms with Crippen LogP contribution < -0.4 is 14.4 Å². The van der Waals surface area contributed by atoms with Crippen molar-refractivity contribution < 1.29 is 17.9 Å². The average molecular weight is 328 g/mol. The van der Waals surface area contributed by atoms with Gasteiger partial charge in [-0.05, 0) is 52.0 Å². The average Bonchev–Trinajstić information content (AvgIpc) is 2.39. The van der Waals surface area contributed by atoms with Gasteiger partial charge in [-0.15, -0.1) is 0 Å². The Bertz CT molecular complexity index is 596. The third-order valence-corrected chi connectivity index (χ3v) is 4.16. The van der Waals surface area contributed by atoms with E-state index in [0.29, 0.717) is 18.0 Å². The summed E-state index contributed by atoms with van der Waals surface area (Å²) in [5.74, 6) is 0.313. The molecule has 0 heterocycles. The van der Waals surface area contributed by atoms with Gasteiger partial charge in [0.1, 0.15) is 11.8 Å². The molecule has 0 aliphatic carbocycles. The first-order valence-corrected chi connectivity index (χ1v) is 9.04. The molecule has 0 unspecified atom stereocenters. The fourth-order valence-electron chi connectivity index (χ4n) is 2.07. The summed E-state index contributed by atoms with van der Waals surface area (Å²) in [5, 5.41) is 2.73. The number of rotatable bonds is 7. The van der Waals surface area contributed by atoms with Crippen molar-refractivity contribution in [2.24, 2.45) is 0 Å². The summed E-state index contributed by atoms with van der Waals surface area (Å²) in [4.78, 5) is 12.1. The molecule has 124 valence electrons. The molecule has 1 N–H and O–H groups in total. The maximum Gasteiger partial charge on any atom is 0.243 e. The zero-order valence-corrected chi connectivity index (χ0v) is 14.5. The van der Waals surface area contributed by atoms with E-state index in [1.165, 1.54) is 0 Å². The number of carbonyl (C=O) groups excluding carboxylic acids is 1. The lowest BCUT2D eigenvalue weighted by molar-refractivity contribution is -0.122. The van der Waals surface area contributed by atoms with Crippen LogP contribution in [0.25, 0.3) is 0 Å². The highest BCUT2D eigenvalue weighted by molar-refractivity contribution is 7.92. The van der Waals surface area contributed by atoms with E-state index in [4.69, 9.17) is 4.74 Å². The highest BCUT2D eigenvalue weighted by Crippen LogP contribution is 2.24. The van der Waals surface area contributed by atoms with Gasteiger partial charge in [0.15, 0.2) is 0 Å². The molecule has 0 fully saturated rings. The minimum atomic E-state index is -3.59. The summed E-state index contributed by atoms with van der Waals surface area (Å²) < 4.78 is 30.6. The van der Waals surface area contributed by atoms with Gasteiger partial charge >= 0.3 is 0 Å². The quantitative estimate of drug-likeness (QED) is 0.827. The van der Waals surface area contributed by atoms with Crippen molar-refractivity contribution in [3.8, 4) is 5.75 Å². The topological polar surface area (TPSA) is 75.7 Å². The molecule has 0 aliphatic rings. The van der Waals surface area contributed by atoms with E-state index in [-0.39, 0.29) is 11.9 Å². The van der Waals surface area contributed by atoms with Crippen LogP contribution in [0, 0.1) is 0 Å². The van der Waals surface area contributed by atoms with Crippen LogP contribution in [0.2, 0.25) is 0 Å². The van der Waals surface area contributed by atoms with Crippen molar-refractivity contribution >= 4 is 21.6 Å². The number of benzene rings is 1. The van der Waals surface area contributed by atoms with Crippen molar-refractivity contribution in [2.45, 2.75) is 39.8 Å². The number of nitrogens with zero attached hydrogens (tertiary/aromatic N) is 1. The Hall–Kier alpha value is -1.76. The van der Waals surface area contributed by atoms with E-state index < -0.39 is 16.1 Å². The summed E-state index contributed by atoms with van der Waals surface area (Å²) >= 11 is 0. The maximum absolute atomic E-state index is 12.1. The second-order valence-corrected chi connectivity index (χ2v) is 7.18. The molecule has 0 saturated carbocycles. The van der Waals surface area contributed by atoms with Crippen LogP contribution in [0.4, 0.5) is 5.69 Å². The highest BCUT2D eigenvalue weighted by Gasteiger charge is 2.29. The van der Waals surface area contributed by atoms with Crippen molar-refractivity contribution in [3.05, 3.63) is 24.3 Å². The number of sulfonamides is 1. The van der Waals surface area contributed by atoms with Gasteiger partial charge in [0.2, 0.25) is 15.9 Å². The van der Waals surface area contributed by atoms with E-state index in [9.17, 15) is 13.2 Å². The van der Waals surface area contributed by atoms with Gasteiger partial charge in [-0.25, -0.2) is 8.42 Å². The van der Waals surface area contributed by atoms with Gasteiger partial charge in [0.05, 0.1) is 18.6 Å². The van der Waals surface area contributed by atoms with Crippen LogP contribution >= 0.6 is 0 Å². The summed E-state index contributed by atoms with van der Waals surface area (Å²) in [7, 11) is -3.59. The first kappa shape index (κ1) is 18.3. The summed E-state index contributed by atoms with van der Waals surface area (Å²) in [6.45, 7) is 7.62. The molecular formula is C15H24N2O4S. The fourth-order valence-corrected chi connectivity index (χ4v) is 3.24. The number of anilines is 1. The Morgan fingerprint density at radius 2 is 1.77 bits per heavy atom. The van der Waals surface area contributed by atoms with Crippen LogP contribution in [0.5, 0.6) is 5.75 Å². The fraction of sp³-hybridized carbons (Fsp3) is 0.533. The third-order valence-electron chi connectivity index (χ3n) is 2.92. The summed E-state index contributed by atoms with van der Waals surface area (Å²) in [6.07, 6.45) is 1.09. The molecule has 1 atom stereocenters. The SMILES string of the molecule is CCOc1ccc(N([C@@H](C)C(=O)NC(C)C)S(C)(=O)=O)cc1. The van der Waals surface area contributed by atoms with E-state index in [2.05, 4.69) is 5.32 Å². The lowest BCUT2D eigenvalue weighted by Gasteiger charge is -2.28. The molecule has 0 bridgehead atoms. The molecule has 1 aromatic rings. The molecule has 0 aliphatic heterocycles. The highest BCUT2D eigenvalue weighted by atomic mass is 32.2. The molecule has 22 heavy (non-hydrogen) atoms. The molecule has 7 heteroatoms. The number of carbonyl (C=O) groups is 1. The Morgan fingerprint density at radius 1 is 1.23 bits per heavy atom. The zero-order valence-electron chi connectivity index (χ0n) is 13.7. The number of nitrogens with one attached hydrogen (secondary N) is 1. The maximum atomic E-state index is 12.1. The zero-order chi connectivity index (χ0) is 16.9. The monoisotopic (exact) mass is 328 g/mol. The Morgan fingerprint density at radius 3 is 2.18 bits per heavy atom. The van der Waals surface area contributed by atoms with E-state index in [1.54, 1.807) is 31.2 Å². The van der Waals surface area contributed by atoms with Gasteiger partial charge < -0.3 is 10.1 Å². The summed E-state index contributed by atoms with van der Waals surface area (Å²) in [5.41, 5.74) is 0.428. The number of ether oxygens (including phenoxy) is 1. The van der Waals surface area contributed by atoms with E-state index in [0.717, 1.165) is 10.6 Å². The van der Waals surface area contributed by atoms with Gasteiger partial charge in [0, 0.05) is 6.04 Å². The lowest BCUT2D eigenvalue weighted by Crippen LogP contribution is -2.49. The van der Waals surface area contributed by atoms with Gasteiger partial charge in [-0.1, -0.05) is 0 Å². The number of amides is 1. The predicted molar refractivity (Wildman–Crippen MR) is 87.7 cm³/mol. The Balaban J connectivity index is 3.11. The second kappa shape index (κ2) is 7.49. The molecule has 1 rings (SSSR count). The van der Waals surface area contributed by atoms with Crippen LogP contribution in [0.15, 0.2) is 24.3 Å². The Kier molecular flexibility index (Phi) is 6.22. The molecule has 0 aromatic heterocycles. The van der Waals surface area contributed by atoms with E-state index >= 15 is 0 Å². The first-order valence-electron chi connectivity index (χ1n) is 7.19. The molecule has 6 nitrogen and oxygen atoms in total. The van der Waals surface area contributed by atoms with Crippen molar-refractivity contribution in [3.63, 3.8) is 0 Å². The minimum absolute atomic E-state index is 0.0586. The number of hydrogen-bond donors (Lipinski definition) is 1. The normalized spacial score (nSPS) is 12.8. The van der Waals surface area contributed by atoms with Crippen molar-refractivity contribution in [2.75, 3.05) is 17.2 Å². The molecular weight excluding hydrogens is 304 g/mol. The lowest BCUT2D eigenvalue weighted by atomic mass is 10.2. The largest absolute Gasteiger partial charge is 0.494 e. The minimum Gasteiger partial charge on any atom is -0.494 e. The molecule has 0 saturated heterocycles. The smallest absolute Gasteiger partial charge is 0.243 e. The van der Waals surface area contributed by atoms with Gasteiger partial charge in [0.25, 0.3) is 0 Å². The van der Waals surface area contributed by atoms with Crippen LogP contribution in [0.3, 0.4) is 0 Å². The Labute approximate surface area is 132 Å². The predicted octanol–water partition coefficient (Wildman–Crippen LogP) is 1.76. The molecule has 0 radical (unpaired) electrons. The number of hydrogen-bond acceptors (Lipinski definition) is 4. The molecule has 0 spiro atoms. The molecule has 1 aromatic carbocycles. The van der Waals surface area contributed by atoms with Gasteiger partial charge in [-0.3, -0.25) is 9.10 Å². The van der Waals surface area contributed by atoms with Crippen LogP contribution in [-0.4, -0.2) is 39.3 Å². The molecule has 1 amide bonds. The second-order valence-electron chi connectivity index (χ2n) is 5.32. The van der Waals surface area contributed by atoms with Crippen molar-refractivity contribution in [1.29, 1.82) is 0 Å². The summed E-state index contributed by atoms with van der Waals surface area (Å²) in [6, 6.07) is 5.73. The van der Waals surface area contributed by atoms with E-state index in [1.807, 2.05) is 20.8 Å². The van der Waals surface area contributed by atoms with Crippen LogP contribution in [-0.2, 0) is 14.8 Å².